The molecule has 0 amide bonds. The molecule has 4 heterocycles. The molecule has 10 heteroatoms. The van der Waals surface area contributed by atoms with E-state index in [9.17, 15) is 0 Å². The monoisotopic (exact) mass is 510 g/mol. The summed E-state index contributed by atoms with van der Waals surface area (Å²) < 4.78 is 7.54. The van der Waals surface area contributed by atoms with E-state index in [4.69, 9.17) is 9.41 Å². The van der Waals surface area contributed by atoms with Crippen LogP contribution in [0.25, 0.3) is 11.6 Å². The highest BCUT2D eigenvalue weighted by atomic mass is 127. The molecule has 4 rings (SSSR count). The van der Waals surface area contributed by atoms with Crippen molar-refractivity contribution in [3.63, 3.8) is 0 Å². The highest BCUT2D eigenvalue weighted by Gasteiger charge is 2.28. The van der Waals surface area contributed by atoms with E-state index in [1.807, 2.05) is 30.9 Å². The van der Waals surface area contributed by atoms with Gasteiger partial charge in [0.15, 0.2) is 11.7 Å². The predicted molar refractivity (Wildman–Crippen MR) is 121 cm³/mol. The standard InChI is InChI=1S/C19H26N8O.HI/c1-3-21-19(22-11-17-23-18(25-24-17)16-5-4-10-28-16)26-8-6-14(2)15(12-26)27-9-7-20-13-27;/h4-5,7,9-10,13-15H,3,6,8,11-12H2,1-2H3,(H,21,22)(H,23,24,25);1H. The maximum absolute atomic E-state index is 5.34. The van der Waals surface area contributed by atoms with Crippen molar-refractivity contribution in [2.24, 2.45) is 10.9 Å². The fraction of sp³-hybridized carbons (Fsp3) is 0.474. The number of halogens is 1. The van der Waals surface area contributed by atoms with Gasteiger partial charge in [-0.25, -0.2) is 15.0 Å². The lowest BCUT2D eigenvalue weighted by atomic mass is 9.93. The summed E-state index contributed by atoms with van der Waals surface area (Å²) >= 11 is 0. The van der Waals surface area contributed by atoms with Gasteiger partial charge in [0.05, 0.1) is 18.6 Å². The topological polar surface area (TPSA) is 100 Å². The highest BCUT2D eigenvalue weighted by molar-refractivity contribution is 14.0. The Morgan fingerprint density at radius 1 is 1.45 bits per heavy atom. The second kappa shape index (κ2) is 9.90. The number of hydrogen-bond acceptors (Lipinski definition) is 5. The van der Waals surface area contributed by atoms with Crippen LogP contribution in [0.5, 0.6) is 0 Å². The van der Waals surface area contributed by atoms with Crippen molar-refractivity contribution in [3.05, 3.63) is 42.9 Å². The minimum absolute atomic E-state index is 0. The number of imidazole rings is 1. The predicted octanol–water partition coefficient (Wildman–Crippen LogP) is 2.93. The molecule has 0 aliphatic carbocycles. The molecule has 2 N–H and O–H groups in total. The zero-order valence-electron chi connectivity index (χ0n) is 16.7. The van der Waals surface area contributed by atoms with Crippen LogP contribution in [0.15, 0.2) is 46.5 Å². The number of nitrogens with zero attached hydrogens (tertiary/aromatic N) is 6. The SMILES string of the molecule is CCNC(=NCc1nc(-c2ccco2)n[nH]1)N1CCC(C)C(n2ccnc2)C1.I. The van der Waals surface area contributed by atoms with E-state index in [2.05, 4.69) is 48.8 Å². The van der Waals surface area contributed by atoms with Crippen molar-refractivity contribution < 1.29 is 4.42 Å². The largest absolute Gasteiger partial charge is 0.461 e. The van der Waals surface area contributed by atoms with Gasteiger partial charge >= 0.3 is 0 Å². The van der Waals surface area contributed by atoms with Crippen molar-refractivity contribution in [1.82, 2.24) is 34.9 Å². The van der Waals surface area contributed by atoms with E-state index in [1.165, 1.54) is 0 Å². The normalized spacial score (nSPS) is 19.8. The van der Waals surface area contributed by atoms with E-state index in [-0.39, 0.29) is 24.0 Å². The van der Waals surface area contributed by atoms with Gasteiger partial charge in [0.2, 0.25) is 5.82 Å². The smallest absolute Gasteiger partial charge is 0.216 e. The molecule has 0 spiro atoms. The molecule has 0 aromatic carbocycles. The summed E-state index contributed by atoms with van der Waals surface area (Å²) in [6.07, 6.45) is 8.50. The Morgan fingerprint density at radius 3 is 3.07 bits per heavy atom. The lowest BCUT2D eigenvalue weighted by molar-refractivity contribution is 0.189. The molecule has 1 saturated heterocycles. The molecule has 2 unspecified atom stereocenters. The first kappa shape index (κ1) is 21.3. The minimum Gasteiger partial charge on any atom is -0.461 e. The molecule has 156 valence electrons. The van der Waals surface area contributed by atoms with Crippen molar-refractivity contribution in [2.75, 3.05) is 19.6 Å². The van der Waals surface area contributed by atoms with Gasteiger partial charge in [-0.1, -0.05) is 6.92 Å². The van der Waals surface area contributed by atoms with Crippen LogP contribution >= 0.6 is 24.0 Å². The second-order valence-electron chi connectivity index (χ2n) is 7.04. The number of aromatic amines is 1. The molecule has 3 aromatic rings. The Bertz CT molecular complexity index is 889. The average molecular weight is 510 g/mol. The Hall–Kier alpha value is -2.37. The van der Waals surface area contributed by atoms with Gasteiger partial charge in [0.1, 0.15) is 12.4 Å². The van der Waals surface area contributed by atoms with Crippen molar-refractivity contribution >= 4 is 29.9 Å². The summed E-state index contributed by atoms with van der Waals surface area (Å²) in [6.45, 7) is 7.51. The molecule has 2 atom stereocenters. The van der Waals surface area contributed by atoms with Gasteiger partial charge < -0.3 is 19.2 Å². The first-order chi connectivity index (χ1) is 13.7. The number of H-pyrrole nitrogens is 1. The zero-order chi connectivity index (χ0) is 19.3. The van der Waals surface area contributed by atoms with Crippen LogP contribution in [0.4, 0.5) is 0 Å². The Morgan fingerprint density at radius 2 is 2.34 bits per heavy atom. The first-order valence-electron chi connectivity index (χ1n) is 9.70. The van der Waals surface area contributed by atoms with Crippen LogP contribution in [0.3, 0.4) is 0 Å². The summed E-state index contributed by atoms with van der Waals surface area (Å²) in [5.74, 6) is 3.39. The number of hydrogen-bond donors (Lipinski definition) is 2. The number of aromatic nitrogens is 5. The summed E-state index contributed by atoms with van der Waals surface area (Å²) in [4.78, 5) is 15.8. The number of piperidine rings is 1. The molecule has 1 aliphatic heterocycles. The van der Waals surface area contributed by atoms with Gasteiger partial charge in [-0.3, -0.25) is 5.10 Å². The Kier molecular flexibility index (Phi) is 7.29. The zero-order valence-corrected chi connectivity index (χ0v) is 19.0. The molecule has 0 saturated carbocycles. The van der Waals surface area contributed by atoms with Crippen LogP contribution in [-0.2, 0) is 6.54 Å². The summed E-state index contributed by atoms with van der Waals surface area (Å²) in [7, 11) is 0. The van der Waals surface area contributed by atoms with Crippen molar-refractivity contribution in [1.29, 1.82) is 0 Å². The average Bonchev–Trinajstić information content (AvgIpc) is 3.48. The molecule has 0 radical (unpaired) electrons. The molecule has 29 heavy (non-hydrogen) atoms. The number of guanidine groups is 1. The van der Waals surface area contributed by atoms with Gasteiger partial charge in [0.25, 0.3) is 0 Å². The van der Waals surface area contributed by atoms with Crippen LogP contribution in [0.1, 0.15) is 32.1 Å². The second-order valence-corrected chi connectivity index (χ2v) is 7.04. The maximum atomic E-state index is 5.34. The third kappa shape index (κ3) is 4.98. The van der Waals surface area contributed by atoms with Crippen molar-refractivity contribution in [3.8, 4) is 11.6 Å². The van der Waals surface area contributed by atoms with Crippen LogP contribution in [-0.4, -0.2) is 55.2 Å². The minimum atomic E-state index is 0. The first-order valence-corrected chi connectivity index (χ1v) is 9.70. The molecule has 3 aromatic heterocycles. The quantitative estimate of drug-likeness (QED) is 0.311. The number of furan rings is 1. The van der Waals surface area contributed by atoms with E-state index in [0.29, 0.717) is 35.9 Å². The molecular weight excluding hydrogens is 483 g/mol. The number of nitrogens with one attached hydrogen (secondary N) is 2. The fourth-order valence-electron chi connectivity index (χ4n) is 3.55. The lowest BCUT2D eigenvalue weighted by Gasteiger charge is -2.39. The van der Waals surface area contributed by atoms with Crippen molar-refractivity contribution in [2.45, 2.75) is 32.9 Å². The number of aliphatic imine (C=N–C) groups is 1. The van der Waals surface area contributed by atoms with Gasteiger partial charge in [0, 0.05) is 32.0 Å². The summed E-state index contributed by atoms with van der Waals surface area (Å²) in [6, 6.07) is 4.04. The third-order valence-electron chi connectivity index (χ3n) is 5.11. The lowest BCUT2D eigenvalue weighted by Crippen LogP contribution is -2.49. The van der Waals surface area contributed by atoms with E-state index in [1.54, 1.807) is 6.26 Å². The number of likely N-dealkylation sites (tertiary alicyclic amines) is 1. The molecular formula is C19H27IN8O. The molecule has 1 fully saturated rings. The van der Waals surface area contributed by atoms with Crippen LogP contribution < -0.4 is 5.32 Å². The fourth-order valence-corrected chi connectivity index (χ4v) is 3.55. The Balaban J connectivity index is 0.00000240. The Labute approximate surface area is 187 Å². The molecule has 0 bridgehead atoms. The number of rotatable bonds is 5. The molecule has 1 aliphatic rings. The van der Waals surface area contributed by atoms with Crippen LogP contribution in [0.2, 0.25) is 0 Å². The van der Waals surface area contributed by atoms with Gasteiger partial charge in [-0.05, 0) is 31.4 Å². The molecule has 9 nitrogen and oxygen atoms in total. The van der Waals surface area contributed by atoms with Gasteiger partial charge in [-0.15, -0.1) is 29.1 Å². The maximum Gasteiger partial charge on any atom is 0.216 e. The van der Waals surface area contributed by atoms with E-state index >= 15 is 0 Å². The highest BCUT2D eigenvalue weighted by Crippen LogP contribution is 2.27. The third-order valence-corrected chi connectivity index (χ3v) is 5.11. The van der Waals surface area contributed by atoms with Crippen LogP contribution in [0, 0.1) is 5.92 Å². The summed E-state index contributed by atoms with van der Waals surface area (Å²) in [5.41, 5.74) is 0. The van der Waals surface area contributed by atoms with E-state index < -0.39 is 0 Å². The van der Waals surface area contributed by atoms with E-state index in [0.717, 1.165) is 32.0 Å². The summed E-state index contributed by atoms with van der Waals surface area (Å²) in [5, 5.41) is 10.6. The van der Waals surface area contributed by atoms with Gasteiger partial charge in [-0.2, -0.15) is 0 Å².